The van der Waals surface area contributed by atoms with E-state index >= 15 is 0 Å². The molecular formula is C47H58N12O23S3. The van der Waals surface area contributed by atoms with Crippen LogP contribution < -0.4 is 31.8 Å². The highest BCUT2D eigenvalue weighted by Crippen LogP contribution is 2.39. The third kappa shape index (κ3) is 17.2. The third-order valence-corrected chi connectivity index (χ3v) is 14.7. The number of anilines is 3. The molecule has 9 heterocycles. The number of aliphatic hydroxyl groups excluding tert-OH is 3. The van der Waals surface area contributed by atoms with Crippen LogP contribution in [0.25, 0.3) is 31.0 Å². The molecule has 9 rings (SSSR count). The molecule has 3 fully saturated rings. The van der Waals surface area contributed by atoms with Crippen molar-refractivity contribution >= 4 is 125 Å². The van der Waals surface area contributed by atoms with Gasteiger partial charge in [-0.1, -0.05) is 34.0 Å². The van der Waals surface area contributed by atoms with Gasteiger partial charge >= 0.3 is 56.4 Å². The van der Waals surface area contributed by atoms with Gasteiger partial charge in [0.1, 0.15) is 44.7 Å². The van der Waals surface area contributed by atoms with Crippen molar-refractivity contribution in [1.29, 1.82) is 0 Å². The standard InChI is InChI=1S/C17H20N4O8S.C14H20O9.C11H14N4O5S.C5H4N4OS/c1-7(22)26-5-10-11(6-27-8(2)23)29-15(13(10)28-9(3)24)21-14-12(30-17(21)25)4-19-16(18)20-14;1-7(15)19-5-11-12(6-20-8(2)16)23-14(22-10(4)18)13(11)21-9(3)17;12-10-13-1-6-8(14-10)15(11(19)21-6)9-7(18)4(2-16)5(3-17)20-9;6-4-7-1-2-3(8-4)9-5(10)11-2/h4,10-11,13,15H,5-6H2,1-3H3,(H2,18,19,20);11-14H,5-6H2,1-4H3;1,4-5,7,9,16-18H,2-3H2,(H2,12,13,14);1H,(H3,6,7,8,9,10)/t10-,11-,13-,15-;11-,12-,13-,14?;4-,5-,7-,9-;/m111./s1. The van der Waals surface area contributed by atoms with Crippen molar-refractivity contribution in [2.45, 2.75) is 104 Å². The van der Waals surface area contributed by atoms with E-state index in [1.165, 1.54) is 76.2 Å². The van der Waals surface area contributed by atoms with E-state index < -0.39 is 120 Å². The largest absolute Gasteiger partial charge is 0.465 e. The summed E-state index contributed by atoms with van der Waals surface area (Å²) in [6, 6.07) is 0. The molecule has 10 N–H and O–H groups in total. The second-order valence-corrected chi connectivity index (χ2v) is 21.3. The van der Waals surface area contributed by atoms with Crippen LogP contribution in [0.1, 0.15) is 60.9 Å². The van der Waals surface area contributed by atoms with Gasteiger partial charge in [0.15, 0.2) is 41.6 Å². The van der Waals surface area contributed by atoms with Gasteiger partial charge in [-0.25, -0.2) is 15.0 Å². The average molecular weight is 1260 g/mol. The second kappa shape index (κ2) is 29.5. The SMILES string of the molecule is CC(=O)OC[C@@H]1[C@@H](COC(C)=O)OC(OC(C)=O)[C@@H]1OC(C)=O.CC(=O)OC[C@H]1[C@@H](OC(C)=O)[C@H](n2c(=O)sc3cnc(N)nc32)O[C@@H]1COC(C)=O.Nc1ncc2sc(=O)[nH]c2n1.Nc1ncc2sc(=O)n([C@@H]3O[C@H](CO)[C@@H](CO)[C@H]3O)c2n1. The zero-order chi connectivity index (χ0) is 62.6. The van der Waals surface area contributed by atoms with Crippen molar-refractivity contribution in [2.75, 3.05) is 56.8 Å². The fourth-order valence-electron chi connectivity index (χ4n) is 8.57. The van der Waals surface area contributed by atoms with Gasteiger partial charge in [0.25, 0.3) is 0 Å². The van der Waals surface area contributed by atoms with Crippen molar-refractivity contribution in [3.63, 3.8) is 0 Å². The quantitative estimate of drug-likeness (QED) is 0.0441. The van der Waals surface area contributed by atoms with Crippen LogP contribution in [-0.2, 0) is 80.9 Å². The van der Waals surface area contributed by atoms with Crippen molar-refractivity contribution in [3.05, 3.63) is 47.6 Å². The van der Waals surface area contributed by atoms with E-state index in [1.807, 2.05) is 0 Å². The predicted molar refractivity (Wildman–Crippen MR) is 291 cm³/mol. The van der Waals surface area contributed by atoms with Crippen LogP contribution in [-0.4, -0.2) is 184 Å². The van der Waals surface area contributed by atoms with Crippen LogP contribution in [0.3, 0.4) is 0 Å². The van der Waals surface area contributed by atoms with Gasteiger partial charge in [-0.05, 0) is 0 Å². The normalized spacial score (nSPS) is 23.9. The molecule has 0 aliphatic carbocycles. The Balaban J connectivity index is 0.000000190. The molecule has 3 saturated heterocycles. The van der Waals surface area contributed by atoms with E-state index in [2.05, 4.69) is 34.9 Å². The van der Waals surface area contributed by atoms with Gasteiger partial charge in [-0.2, -0.15) is 15.0 Å². The van der Waals surface area contributed by atoms with E-state index in [9.17, 15) is 63.3 Å². The highest BCUT2D eigenvalue weighted by molar-refractivity contribution is 7.17. The summed E-state index contributed by atoms with van der Waals surface area (Å²) in [7, 11) is 0. The number of hydrogen-bond donors (Lipinski definition) is 7. The number of aliphatic hydroxyl groups is 3. The van der Waals surface area contributed by atoms with Crippen LogP contribution >= 0.6 is 34.0 Å². The zero-order valence-corrected chi connectivity index (χ0v) is 48.4. The predicted octanol–water partition coefficient (Wildman–Crippen LogP) is -1.79. The summed E-state index contributed by atoms with van der Waals surface area (Å²) in [6.45, 7) is 7.07. The Bertz CT molecular complexity index is 3570. The summed E-state index contributed by atoms with van der Waals surface area (Å²) >= 11 is 2.84. The molecule has 6 aromatic heterocycles. The summed E-state index contributed by atoms with van der Waals surface area (Å²) < 4.78 is 56.6. The number of nitrogens with zero attached hydrogens (tertiary/aromatic N) is 8. The second-order valence-electron chi connectivity index (χ2n) is 18.3. The molecule has 35 nitrogen and oxygen atoms in total. The van der Waals surface area contributed by atoms with Gasteiger partial charge in [-0.15, -0.1) is 0 Å². The van der Waals surface area contributed by atoms with Gasteiger partial charge in [0, 0.05) is 54.4 Å². The molecule has 0 radical (unpaired) electrons. The minimum atomic E-state index is -1.17. The summed E-state index contributed by atoms with van der Waals surface area (Å²) in [5, 5.41) is 28.8. The molecule has 462 valence electrons. The molecular weight excluding hydrogens is 1200 g/mol. The Morgan fingerprint density at radius 1 is 0.529 bits per heavy atom. The van der Waals surface area contributed by atoms with Crippen molar-refractivity contribution in [1.82, 2.24) is 44.0 Å². The number of hydrogen-bond acceptors (Lipinski definition) is 35. The van der Waals surface area contributed by atoms with E-state index in [1.54, 1.807) is 0 Å². The number of nitrogens with two attached hydrogens (primary N) is 3. The van der Waals surface area contributed by atoms with E-state index in [0.29, 0.717) is 15.0 Å². The van der Waals surface area contributed by atoms with Crippen molar-refractivity contribution in [3.8, 4) is 0 Å². The lowest BCUT2D eigenvalue weighted by molar-refractivity contribution is -0.197. The lowest BCUT2D eigenvalue weighted by Crippen LogP contribution is -2.38. The van der Waals surface area contributed by atoms with Crippen LogP contribution in [0.5, 0.6) is 0 Å². The Labute approximate surface area is 489 Å². The molecule has 0 saturated carbocycles. The van der Waals surface area contributed by atoms with E-state index in [0.717, 1.165) is 38.7 Å². The summed E-state index contributed by atoms with van der Waals surface area (Å²) in [6.07, 6.45) is -4.41. The maximum Gasteiger partial charge on any atom is 0.311 e. The molecule has 3 aliphatic heterocycles. The van der Waals surface area contributed by atoms with Crippen molar-refractivity contribution in [2.24, 2.45) is 17.8 Å². The third-order valence-electron chi connectivity index (χ3n) is 12.1. The molecule has 38 heteroatoms. The van der Waals surface area contributed by atoms with Gasteiger partial charge < -0.3 is 79.9 Å². The number of aromatic amines is 1. The number of rotatable bonds is 15. The maximum atomic E-state index is 12.7. The molecule has 85 heavy (non-hydrogen) atoms. The van der Waals surface area contributed by atoms with Crippen LogP contribution in [0.4, 0.5) is 17.8 Å². The number of nitrogens with one attached hydrogen (secondary N) is 1. The maximum absolute atomic E-state index is 12.7. The molecule has 0 bridgehead atoms. The number of carbonyl (C=O) groups is 7. The lowest BCUT2D eigenvalue weighted by atomic mass is 9.99. The summed E-state index contributed by atoms with van der Waals surface area (Å²) in [4.78, 5) is 139. The first-order chi connectivity index (χ1) is 40.2. The molecule has 0 spiro atoms. The molecule has 0 amide bonds. The lowest BCUT2D eigenvalue weighted by Gasteiger charge is -2.23. The number of ether oxygens (including phenoxy) is 10. The molecule has 12 atom stereocenters. The number of nitrogen functional groups attached to an aromatic ring is 3. The van der Waals surface area contributed by atoms with E-state index in [4.69, 9.17) is 64.6 Å². The van der Waals surface area contributed by atoms with Gasteiger partial charge in [0.05, 0.1) is 63.8 Å². The van der Waals surface area contributed by atoms with Gasteiger partial charge in [-0.3, -0.25) is 62.1 Å². The highest BCUT2D eigenvalue weighted by atomic mass is 32.1. The first-order valence-electron chi connectivity index (χ1n) is 25.0. The monoisotopic (exact) mass is 1250 g/mol. The van der Waals surface area contributed by atoms with Gasteiger partial charge in [0.2, 0.25) is 24.1 Å². The molecule has 6 aromatic rings. The first-order valence-corrected chi connectivity index (χ1v) is 27.4. The van der Waals surface area contributed by atoms with Crippen LogP contribution in [0, 0.1) is 17.8 Å². The number of aromatic nitrogens is 9. The number of carbonyl (C=O) groups excluding carboxylic acids is 7. The number of esters is 7. The number of fused-ring (bicyclic) bond motifs is 3. The number of H-pyrrole nitrogens is 1. The van der Waals surface area contributed by atoms with Crippen LogP contribution in [0.2, 0.25) is 0 Å². The molecule has 3 aliphatic rings. The minimum Gasteiger partial charge on any atom is -0.465 e. The molecule has 0 aromatic carbocycles. The first kappa shape index (κ1) is 65.9. The Morgan fingerprint density at radius 3 is 1.41 bits per heavy atom. The highest BCUT2D eigenvalue weighted by Gasteiger charge is 2.51. The molecule has 1 unspecified atom stereocenters. The fourth-order valence-corrected chi connectivity index (χ4v) is 10.8. The Hall–Kier alpha value is -8.24. The summed E-state index contributed by atoms with van der Waals surface area (Å²) in [5.74, 6) is -5.95. The number of thiazole rings is 3. The Morgan fingerprint density at radius 2 is 0.953 bits per heavy atom. The topological polar surface area (TPSA) is 505 Å². The minimum absolute atomic E-state index is 0.000969. The Kier molecular flexibility index (Phi) is 22.9. The van der Waals surface area contributed by atoms with E-state index in [-0.39, 0.29) is 78.5 Å². The van der Waals surface area contributed by atoms with Crippen LogP contribution in [0.15, 0.2) is 33.0 Å². The fraction of sp³-hybridized carbons (Fsp3) is 0.532. The van der Waals surface area contributed by atoms with Crippen molar-refractivity contribution < 1.29 is 96.2 Å². The average Bonchev–Trinajstić information content (AvgIpc) is 1.85. The smallest absolute Gasteiger partial charge is 0.311 e. The summed E-state index contributed by atoms with van der Waals surface area (Å²) in [5.41, 5.74) is 17.5. The zero-order valence-electron chi connectivity index (χ0n) is 45.9.